The Morgan fingerprint density at radius 2 is 0.741 bits per heavy atom. The van der Waals surface area contributed by atoms with Crippen molar-refractivity contribution in [2.24, 2.45) is 0 Å². The number of rotatable bonds is 60. The first-order valence-electron chi connectivity index (χ1n) is 33.4. The highest BCUT2D eigenvalue weighted by atomic mass is 31.2. The van der Waals surface area contributed by atoms with Crippen molar-refractivity contribution in [2.45, 2.75) is 289 Å². The minimum atomic E-state index is -4.36. The molecule has 81 heavy (non-hydrogen) atoms. The Bertz CT molecular complexity index is 1730. The molecular formula is C72H128N2O6P+. The molecule has 0 fully saturated rings. The van der Waals surface area contributed by atoms with Gasteiger partial charge in [0.25, 0.3) is 0 Å². The van der Waals surface area contributed by atoms with Crippen LogP contribution in [0.3, 0.4) is 0 Å². The van der Waals surface area contributed by atoms with Crippen molar-refractivity contribution in [1.29, 1.82) is 0 Å². The van der Waals surface area contributed by atoms with E-state index in [-0.39, 0.29) is 19.1 Å². The highest BCUT2D eigenvalue weighted by molar-refractivity contribution is 7.47. The number of phosphoric ester groups is 1. The van der Waals surface area contributed by atoms with Crippen LogP contribution in [-0.2, 0) is 18.4 Å². The Morgan fingerprint density at radius 1 is 0.432 bits per heavy atom. The van der Waals surface area contributed by atoms with Crippen LogP contribution < -0.4 is 5.32 Å². The molecule has 9 heteroatoms. The lowest BCUT2D eigenvalue weighted by molar-refractivity contribution is -0.870. The number of aliphatic hydroxyl groups excluding tert-OH is 1. The third-order valence-electron chi connectivity index (χ3n) is 14.4. The molecule has 0 bridgehead atoms. The molecule has 3 atom stereocenters. The molecule has 0 radical (unpaired) electrons. The molecule has 0 aromatic carbocycles. The average Bonchev–Trinajstić information content (AvgIpc) is 3.43. The van der Waals surface area contributed by atoms with Crippen LogP contribution in [0.1, 0.15) is 277 Å². The van der Waals surface area contributed by atoms with Crippen molar-refractivity contribution in [1.82, 2.24) is 5.32 Å². The third kappa shape index (κ3) is 64.3. The van der Waals surface area contributed by atoms with E-state index in [1.54, 1.807) is 6.08 Å². The smallest absolute Gasteiger partial charge is 0.387 e. The van der Waals surface area contributed by atoms with Crippen molar-refractivity contribution in [3.63, 3.8) is 0 Å². The van der Waals surface area contributed by atoms with Gasteiger partial charge in [-0.15, -0.1) is 0 Å². The predicted molar refractivity (Wildman–Crippen MR) is 355 cm³/mol. The fourth-order valence-electron chi connectivity index (χ4n) is 9.27. The van der Waals surface area contributed by atoms with E-state index >= 15 is 0 Å². The first kappa shape index (κ1) is 77.9. The van der Waals surface area contributed by atoms with Crippen LogP contribution in [-0.4, -0.2) is 73.4 Å². The maximum Gasteiger partial charge on any atom is 0.472 e. The molecule has 0 saturated carbocycles. The molecular weight excluding hydrogens is 1020 g/mol. The van der Waals surface area contributed by atoms with Gasteiger partial charge in [-0.2, -0.15) is 0 Å². The number of quaternary nitrogens is 1. The van der Waals surface area contributed by atoms with Crippen LogP contribution >= 0.6 is 7.82 Å². The minimum Gasteiger partial charge on any atom is -0.387 e. The molecule has 3 N–H and O–H groups in total. The number of phosphoric acid groups is 1. The van der Waals surface area contributed by atoms with Crippen LogP contribution in [0.2, 0.25) is 0 Å². The summed E-state index contributed by atoms with van der Waals surface area (Å²) in [5.74, 6) is -0.182. The van der Waals surface area contributed by atoms with Crippen molar-refractivity contribution >= 4 is 13.7 Å². The van der Waals surface area contributed by atoms with Crippen LogP contribution in [0.15, 0.2) is 122 Å². The standard InChI is InChI=1S/C72H127N2O6P/c1-6-8-10-12-14-16-18-20-22-24-26-28-29-30-31-32-33-34-35-36-37-38-39-40-41-42-43-44-45-46-48-50-52-54-56-58-60-62-64-66-72(76)73-70(69-80-81(77,78)79-68-67-74(3,4)5)71(75)65-63-61-59-57-55-53-51-49-47-27-25-23-21-19-17-15-13-11-9-7-2/h8,10,14,16,20,22,26,28,30-31,33-34,36-37,39-40,42-43,63,65,70-71,75H,6-7,9,11-13,15,17-19,21,23-25,27,29,32,35,38,41,44-62,64,66-69H2,1-5H3,(H-,73,76,77,78)/p+1/b10-8-,16-14-,22-20-,28-26-,31-30-,34-33-,37-36-,40-39-,43-42-,65-63+. The van der Waals surface area contributed by atoms with E-state index in [1.807, 2.05) is 27.2 Å². The first-order chi connectivity index (χ1) is 39.5. The van der Waals surface area contributed by atoms with Crippen molar-refractivity contribution < 1.29 is 32.9 Å². The van der Waals surface area contributed by atoms with Crippen molar-refractivity contribution in [2.75, 3.05) is 40.9 Å². The molecule has 0 aliphatic rings. The maximum absolute atomic E-state index is 13.0. The highest BCUT2D eigenvalue weighted by Crippen LogP contribution is 2.43. The molecule has 0 aliphatic carbocycles. The number of hydrogen-bond acceptors (Lipinski definition) is 5. The largest absolute Gasteiger partial charge is 0.472 e. The van der Waals surface area contributed by atoms with Gasteiger partial charge < -0.3 is 19.8 Å². The number of carbonyl (C=O) groups is 1. The number of likely N-dealkylation sites (N-methyl/N-ethyl adjacent to an activating group) is 1. The lowest BCUT2D eigenvalue weighted by Gasteiger charge is -2.25. The number of aliphatic hydroxyl groups is 1. The lowest BCUT2D eigenvalue weighted by Crippen LogP contribution is -2.45. The maximum atomic E-state index is 13.0. The predicted octanol–water partition coefficient (Wildman–Crippen LogP) is 21.3. The van der Waals surface area contributed by atoms with Gasteiger partial charge in [0.05, 0.1) is 39.9 Å². The Kier molecular flexibility index (Phi) is 59.1. The normalized spacial score (nSPS) is 14.5. The average molecular weight is 1150 g/mol. The monoisotopic (exact) mass is 1150 g/mol. The van der Waals surface area contributed by atoms with Gasteiger partial charge in [-0.1, -0.05) is 302 Å². The van der Waals surface area contributed by atoms with Gasteiger partial charge >= 0.3 is 7.82 Å². The molecule has 3 unspecified atom stereocenters. The van der Waals surface area contributed by atoms with Gasteiger partial charge in [-0.05, 0) is 89.9 Å². The third-order valence-corrected chi connectivity index (χ3v) is 15.4. The Hall–Kier alpha value is -3.10. The zero-order valence-corrected chi connectivity index (χ0v) is 54.1. The van der Waals surface area contributed by atoms with Gasteiger partial charge in [0, 0.05) is 6.42 Å². The van der Waals surface area contributed by atoms with Gasteiger partial charge in [0.2, 0.25) is 5.91 Å². The summed E-state index contributed by atoms with van der Waals surface area (Å²) >= 11 is 0. The van der Waals surface area contributed by atoms with Crippen LogP contribution in [0, 0.1) is 0 Å². The molecule has 0 aliphatic heterocycles. The van der Waals surface area contributed by atoms with Gasteiger partial charge in [0.15, 0.2) is 0 Å². The van der Waals surface area contributed by atoms with Crippen LogP contribution in [0.25, 0.3) is 0 Å². The quantitative estimate of drug-likeness (QED) is 0.0243. The second-order valence-electron chi connectivity index (χ2n) is 23.5. The summed E-state index contributed by atoms with van der Waals surface area (Å²) in [4.78, 5) is 23.4. The number of unbranched alkanes of at least 4 members (excludes halogenated alkanes) is 29. The molecule has 0 spiro atoms. The highest BCUT2D eigenvalue weighted by Gasteiger charge is 2.28. The number of amides is 1. The summed E-state index contributed by atoms with van der Waals surface area (Å²) in [7, 11) is 1.56. The van der Waals surface area contributed by atoms with Gasteiger partial charge in [-0.3, -0.25) is 13.8 Å². The van der Waals surface area contributed by atoms with Crippen molar-refractivity contribution in [3.05, 3.63) is 122 Å². The summed E-state index contributed by atoms with van der Waals surface area (Å²) in [5.41, 5.74) is 0. The molecule has 466 valence electrons. The summed E-state index contributed by atoms with van der Waals surface area (Å²) in [5, 5.41) is 14.0. The fourth-order valence-corrected chi connectivity index (χ4v) is 10.0. The summed E-state index contributed by atoms with van der Waals surface area (Å²) in [6.45, 7) is 4.71. The van der Waals surface area contributed by atoms with Crippen molar-refractivity contribution in [3.8, 4) is 0 Å². The second-order valence-corrected chi connectivity index (χ2v) is 24.9. The number of hydrogen-bond donors (Lipinski definition) is 3. The number of nitrogens with zero attached hydrogens (tertiary/aromatic N) is 1. The Labute approximate surface area is 501 Å². The molecule has 0 heterocycles. The zero-order valence-electron chi connectivity index (χ0n) is 53.2. The van der Waals surface area contributed by atoms with Crippen LogP contribution in [0.5, 0.6) is 0 Å². The minimum absolute atomic E-state index is 0.0565. The lowest BCUT2D eigenvalue weighted by atomic mass is 10.0. The van der Waals surface area contributed by atoms with Gasteiger partial charge in [0.1, 0.15) is 13.2 Å². The van der Waals surface area contributed by atoms with E-state index in [4.69, 9.17) is 9.05 Å². The van der Waals surface area contributed by atoms with E-state index in [0.717, 1.165) is 96.3 Å². The van der Waals surface area contributed by atoms with Crippen LogP contribution in [0.4, 0.5) is 0 Å². The van der Waals surface area contributed by atoms with Gasteiger partial charge in [-0.25, -0.2) is 4.57 Å². The van der Waals surface area contributed by atoms with E-state index in [1.165, 1.54) is 161 Å². The molecule has 0 aromatic heterocycles. The molecule has 8 nitrogen and oxygen atoms in total. The zero-order chi connectivity index (χ0) is 59.1. The molecule has 0 saturated heterocycles. The molecule has 0 rings (SSSR count). The van der Waals surface area contributed by atoms with E-state index in [2.05, 4.69) is 129 Å². The SMILES string of the molecule is CC/C=C\C/C=C\C/C=C\C/C=C\C/C=C\C/C=C\C/C=C\C/C=C\C/C=C\CCCCCCCCCCCCCC(=O)NC(COP(=O)(O)OCC[N+](C)(C)C)C(O)/C=C/CCCCCCCCCCCCCCCCCCCC. The Balaban J connectivity index is 4.11. The Morgan fingerprint density at radius 3 is 1.09 bits per heavy atom. The van der Waals surface area contributed by atoms with E-state index in [0.29, 0.717) is 17.4 Å². The second kappa shape index (κ2) is 61.5. The summed E-state index contributed by atoms with van der Waals surface area (Å²) < 4.78 is 23.8. The topological polar surface area (TPSA) is 105 Å². The molecule has 0 aromatic rings. The first-order valence-corrected chi connectivity index (χ1v) is 34.9. The number of nitrogens with one attached hydrogen (secondary N) is 1. The van der Waals surface area contributed by atoms with E-state index in [9.17, 15) is 19.4 Å². The van der Waals surface area contributed by atoms with E-state index < -0.39 is 20.0 Å². The molecule has 1 amide bonds. The summed E-state index contributed by atoms with van der Waals surface area (Å²) in [6.07, 6.45) is 91.8. The fraction of sp³-hybridized carbons (Fsp3) is 0.708. The number of allylic oxidation sites excluding steroid dienone is 19. The number of carbonyl (C=O) groups excluding carboxylic acids is 1. The summed E-state index contributed by atoms with van der Waals surface area (Å²) in [6, 6.07) is -0.856.